The van der Waals surface area contributed by atoms with Crippen LogP contribution in [0.5, 0.6) is 0 Å². The Morgan fingerprint density at radius 1 is 1.36 bits per heavy atom. The first-order chi connectivity index (χ1) is 6.34. The third-order valence-corrected chi connectivity index (χ3v) is 3.62. The topological polar surface area (TPSA) is 37.4 Å². The van der Waals surface area contributed by atoms with Gasteiger partial charge in [0.15, 0.2) is 0 Å². The van der Waals surface area contributed by atoms with Gasteiger partial charge in [-0.1, -0.05) is 0 Å². The number of alkyl halides is 3. The maximum absolute atomic E-state index is 12.2. The average molecular weight is 250 g/mol. The molecule has 0 rings (SSSR count). The number of nitrogens with zero attached hydrogens (tertiary/aromatic N) is 1. The van der Waals surface area contributed by atoms with Crippen LogP contribution in [0.2, 0.25) is 0 Å². The third-order valence-electron chi connectivity index (χ3n) is 1.64. The summed E-state index contributed by atoms with van der Waals surface area (Å²) in [6.07, 6.45) is 0.367. The Morgan fingerprint density at radius 2 is 1.86 bits per heavy atom. The second-order valence-corrected chi connectivity index (χ2v) is 5.29. The molecule has 0 amide bonds. The molecular formula is C7H14ClF2NO2S. The Hall–Kier alpha value is 0.0600. The van der Waals surface area contributed by atoms with Gasteiger partial charge >= 0.3 is 5.76 Å². The Labute approximate surface area is 88.1 Å². The Kier molecular flexibility index (Phi) is 5.85. The van der Waals surface area contributed by atoms with E-state index in [-0.39, 0.29) is 12.4 Å². The molecule has 3 nitrogen and oxygen atoms in total. The molecular weight excluding hydrogens is 236 g/mol. The van der Waals surface area contributed by atoms with Gasteiger partial charge in [0.05, 0.1) is 0 Å². The van der Waals surface area contributed by atoms with E-state index >= 15 is 0 Å². The average Bonchev–Trinajstić information content (AvgIpc) is 2.03. The van der Waals surface area contributed by atoms with E-state index in [1.807, 2.05) is 0 Å². The highest BCUT2D eigenvalue weighted by Gasteiger charge is 2.33. The summed E-state index contributed by atoms with van der Waals surface area (Å²) in [7, 11) is -4.47. The van der Waals surface area contributed by atoms with Crippen LogP contribution in [0.3, 0.4) is 0 Å². The van der Waals surface area contributed by atoms with E-state index in [1.165, 1.54) is 0 Å². The number of sulfonamides is 1. The van der Waals surface area contributed by atoms with E-state index in [1.54, 1.807) is 13.8 Å². The normalized spacial score (nSPS) is 13.1. The van der Waals surface area contributed by atoms with Gasteiger partial charge in [0.1, 0.15) is 0 Å². The monoisotopic (exact) mass is 249 g/mol. The molecule has 0 aromatic carbocycles. The van der Waals surface area contributed by atoms with Gasteiger partial charge in [0.2, 0.25) is 0 Å². The quantitative estimate of drug-likeness (QED) is 0.674. The molecule has 0 aliphatic carbocycles. The predicted octanol–water partition coefficient (Wildman–Crippen LogP) is 1.88. The first-order valence-corrected chi connectivity index (χ1v) is 6.22. The molecule has 14 heavy (non-hydrogen) atoms. The van der Waals surface area contributed by atoms with Crippen molar-refractivity contribution < 1.29 is 17.2 Å². The van der Waals surface area contributed by atoms with Crippen molar-refractivity contribution in [1.82, 2.24) is 4.31 Å². The van der Waals surface area contributed by atoms with Crippen LogP contribution in [-0.2, 0) is 10.0 Å². The first-order valence-electron chi connectivity index (χ1n) is 4.18. The Bertz CT molecular complexity index is 256. The van der Waals surface area contributed by atoms with Crippen molar-refractivity contribution in [2.75, 3.05) is 12.4 Å². The molecule has 0 saturated carbocycles. The van der Waals surface area contributed by atoms with Gasteiger partial charge in [0.25, 0.3) is 10.0 Å². The molecule has 0 aliphatic rings. The maximum atomic E-state index is 12.2. The fraction of sp³-hybridized carbons (Fsp3) is 1.00. The van der Waals surface area contributed by atoms with E-state index in [0.717, 1.165) is 4.31 Å². The lowest BCUT2D eigenvalue weighted by atomic mass is 10.4. The van der Waals surface area contributed by atoms with E-state index in [9.17, 15) is 17.2 Å². The molecule has 0 unspecified atom stereocenters. The molecule has 0 aliphatic heterocycles. The van der Waals surface area contributed by atoms with Gasteiger partial charge in [-0.05, 0) is 20.3 Å². The first kappa shape index (κ1) is 14.1. The van der Waals surface area contributed by atoms with Crippen LogP contribution in [0.1, 0.15) is 20.3 Å². The lowest BCUT2D eigenvalue weighted by Crippen LogP contribution is -2.41. The third kappa shape index (κ3) is 3.67. The van der Waals surface area contributed by atoms with Gasteiger partial charge in [-0.2, -0.15) is 13.1 Å². The number of hydrogen-bond donors (Lipinski definition) is 0. The summed E-state index contributed by atoms with van der Waals surface area (Å²) in [6, 6.07) is -0.475. The second-order valence-electron chi connectivity index (χ2n) is 3.05. The number of halogens is 3. The molecule has 0 bridgehead atoms. The van der Waals surface area contributed by atoms with Gasteiger partial charge in [-0.15, -0.1) is 11.6 Å². The fourth-order valence-corrected chi connectivity index (χ4v) is 2.29. The van der Waals surface area contributed by atoms with Crippen LogP contribution in [0.15, 0.2) is 0 Å². The minimum absolute atomic E-state index is 0.0356. The lowest BCUT2D eigenvalue weighted by molar-refractivity contribution is 0.212. The molecule has 0 heterocycles. The summed E-state index contributed by atoms with van der Waals surface area (Å²) in [5.41, 5.74) is 0. The SMILES string of the molecule is CC(C)N(CCCCl)S(=O)(=O)C(F)F. The second kappa shape index (κ2) is 5.82. The molecule has 0 aromatic rings. The smallest absolute Gasteiger partial charge is 0.206 e. The molecule has 0 fully saturated rings. The van der Waals surface area contributed by atoms with E-state index in [0.29, 0.717) is 6.42 Å². The summed E-state index contributed by atoms with van der Waals surface area (Å²) in [4.78, 5) is 0. The van der Waals surface area contributed by atoms with E-state index in [2.05, 4.69) is 0 Å². The maximum Gasteiger partial charge on any atom is 0.350 e. The molecule has 7 heteroatoms. The molecule has 0 radical (unpaired) electrons. The van der Waals surface area contributed by atoms with E-state index in [4.69, 9.17) is 11.6 Å². The minimum Gasteiger partial charge on any atom is -0.206 e. The molecule has 0 spiro atoms. The molecule has 0 atom stereocenters. The van der Waals surface area contributed by atoms with Crippen LogP contribution in [0.25, 0.3) is 0 Å². The van der Waals surface area contributed by atoms with Crippen molar-refractivity contribution in [3.05, 3.63) is 0 Å². The summed E-state index contributed by atoms with van der Waals surface area (Å²) in [6.45, 7) is 3.14. The minimum atomic E-state index is -4.47. The van der Waals surface area contributed by atoms with Crippen molar-refractivity contribution in [1.29, 1.82) is 0 Å². The van der Waals surface area contributed by atoms with Gasteiger partial charge in [-0.25, -0.2) is 8.42 Å². The highest BCUT2D eigenvalue weighted by Crippen LogP contribution is 2.15. The van der Waals surface area contributed by atoms with Crippen LogP contribution < -0.4 is 0 Å². The van der Waals surface area contributed by atoms with Crippen molar-refractivity contribution >= 4 is 21.6 Å². The van der Waals surface area contributed by atoms with Crippen molar-refractivity contribution in [3.8, 4) is 0 Å². The lowest BCUT2D eigenvalue weighted by Gasteiger charge is -2.24. The molecule has 0 N–H and O–H groups in total. The molecule has 86 valence electrons. The van der Waals surface area contributed by atoms with Crippen LogP contribution >= 0.6 is 11.6 Å². The zero-order valence-corrected chi connectivity index (χ0v) is 9.65. The molecule has 0 aromatic heterocycles. The van der Waals surface area contributed by atoms with Crippen molar-refractivity contribution in [3.63, 3.8) is 0 Å². The van der Waals surface area contributed by atoms with Crippen molar-refractivity contribution in [2.45, 2.75) is 32.1 Å². The zero-order chi connectivity index (χ0) is 11.4. The standard InChI is InChI=1S/C7H14ClF2NO2S/c1-6(2)11(5-3-4-8)14(12,13)7(9)10/h6-7H,3-5H2,1-2H3. The van der Waals surface area contributed by atoms with Gasteiger partial charge in [0, 0.05) is 18.5 Å². The van der Waals surface area contributed by atoms with E-state index < -0.39 is 21.8 Å². The summed E-state index contributed by atoms with van der Waals surface area (Å²) in [5.74, 6) is -3.11. The predicted molar refractivity (Wildman–Crippen MR) is 52.1 cm³/mol. The summed E-state index contributed by atoms with van der Waals surface area (Å²) in [5, 5.41) is 0. The highest BCUT2D eigenvalue weighted by molar-refractivity contribution is 7.89. The van der Waals surface area contributed by atoms with Gasteiger partial charge < -0.3 is 0 Å². The Balaban J connectivity index is 4.65. The summed E-state index contributed by atoms with van der Waals surface area (Å²) >= 11 is 5.37. The summed E-state index contributed by atoms with van der Waals surface area (Å²) < 4.78 is 47.4. The number of rotatable bonds is 6. The molecule has 0 saturated heterocycles. The van der Waals surface area contributed by atoms with Crippen LogP contribution in [0.4, 0.5) is 8.78 Å². The van der Waals surface area contributed by atoms with Crippen molar-refractivity contribution in [2.24, 2.45) is 0 Å². The van der Waals surface area contributed by atoms with Crippen LogP contribution in [0, 0.1) is 0 Å². The number of hydrogen-bond acceptors (Lipinski definition) is 2. The van der Waals surface area contributed by atoms with Crippen LogP contribution in [-0.4, -0.2) is 36.9 Å². The Morgan fingerprint density at radius 3 is 2.14 bits per heavy atom. The van der Waals surface area contributed by atoms with Gasteiger partial charge in [-0.3, -0.25) is 0 Å². The fourth-order valence-electron chi connectivity index (χ4n) is 0.997. The highest BCUT2D eigenvalue weighted by atomic mass is 35.5. The largest absolute Gasteiger partial charge is 0.350 e. The zero-order valence-electron chi connectivity index (χ0n) is 8.08.